The molecule has 0 bridgehead atoms. The molecule has 0 fully saturated rings. The number of rotatable bonds is 11. The summed E-state index contributed by atoms with van der Waals surface area (Å²) in [4.78, 5) is 10.9. The van der Waals surface area contributed by atoms with Gasteiger partial charge in [0.2, 0.25) is 0 Å². The Balaban J connectivity index is 2.44. The first-order chi connectivity index (χ1) is 10.2. The Bertz CT molecular complexity index is 431. The van der Waals surface area contributed by atoms with Gasteiger partial charge in [-0.1, -0.05) is 19.3 Å². The highest BCUT2D eigenvalue weighted by Crippen LogP contribution is 2.28. The van der Waals surface area contributed by atoms with E-state index in [1.807, 2.05) is 6.92 Å². The van der Waals surface area contributed by atoms with E-state index in [2.05, 4.69) is 0 Å². The van der Waals surface area contributed by atoms with Crippen molar-refractivity contribution < 1.29 is 24.5 Å². The van der Waals surface area contributed by atoms with Crippen LogP contribution in [0, 0.1) is 0 Å². The lowest BCUT2D eigenvalue weighted by molar-refractivity contribution is 0.0696. The van der Waals surface area contributed by atoms with Crippen molar-refractivity contribution in [3.8, 4) is 11.5 Å². The number of hydrogen-bond donors (Lipinski definition) is 2. The molecule has 0 aliphatic rings. The maximum Gasteiger partial charge on any atom is 0.335 e. The zero-order valence-electron chi connectivity index (χ0n) is 12.5. The van der Waals surface area contributed by atoms with Crippen LogP contribution in [0.1, 0.15) is 49.4 Å². The molecule has 0 heterocycles. The normalized spacial score (nSPS) is 10.4. The highest BCUT2D eigenvalue weighted by atomic mass is 16.5. The van der Waals surface area contributed by atoms with Gasteiger partial charge in [0.25, 0.3) is 0 Å². The van der Waals surface area contributed by atoms with Crippen LogP contribution >= 0.6 is 0 Å². The third-order valence-corrected chi connectivity index (χ3v) is 3.05. The maximum atomic E-state index is 10.9. The van der Waals surface area contributed by atoms with Crippen LogP contribution in [-0.2, 0) is 0 Å². The van der Waals surface area contributed by atoms with Crippen molar-refractivity contribution in [2.75, 3.05) is 19.8 Å². The molecule has 0 aromatic heterocycles. The van der Waals surface area contributed by atoms with Gasteiger partial charge in [-0.25, -0.2) is 4.79 Å². The first-order valence-corrected chi connectivity index (χ1v) is 7.42. The summed E-state index contributed by atoms with van der Waals surface area (Å²) in [5.41, 5.74) is 0.190. The fraction of sp³-hybridized carbons (Fsp3) is 0.562. The minimum atomic E-state index is -0.980. The Morgan fingerprint density at radius 2 is 1.76 bits per heavy atom. The quantitative estimate of drug-likeness (QED) is 0.614. The Kier molecular flexibility index (Phi) is 8.28. The molecular weight excluding hydrogens is 272 g/mol. The van der Waals surface area contributed by atoms with E-state index in [0.717, 1.165) is 32.1 Å². The van der Waals surface area contributed by atoms with Crippen molar-refractivity contribution >= 4 is 5.97 Å². The zero-order chi connectivity index (χ0) is 15.5. The monoisotopic (exact) mass is 296 g/mol. The van der Waals surface area contributed by atoms with E-state index in [1.165, 1.54) is 12.1 Å². The summed E-state index contributed by atoms with van der Waals surface area (Å²) < 4.78 is 11.1. The van der Waals surface area contributed by atoms with Crippen LogP contribution in [0.2, 0.25) is 0 Å². The molecule has 0 amide bonds. The average Bonchev–Trinajstić information content (AvgIpc) is 2.47. The number of aliphatic hydroxyl groups excluding tert-OH is 1. The fourth-order valence-corrected chi connectivity index (χ4v) is 1.95. The summed E-state index contributed by atoms with van der Waals surface area (Å²) in [6.45, 7) is 3.13. The van der Waals surface area contributed by atoms with E-state index in [-0.39, 0.29) is 12.2 Å². The van der Waals surface area contributed by atoms with Gasteiger partial charge in [0.1, 0.15) is 0 Å². The van der Waals surface area contributed by atoms with Crippen LogP contribution in [0.5, 0.6) is 11.5 Å². The summed E-state index contributed by atoms with van der Waals surface area (Å²) in [6, 6.07) is 4.64. The minimum absolute atomic E-state index is 0.190. The number of benzene rings is 1. The number of carbonyl (C=O) groups is 1. The van der Waals surface area contributed by atoms with Gasteiger partial charge in [-0.15, -0.1) is 0 Å². The number of carboxylic acids is 1. The number of aliphatic hydroxyl groups is 1. The fourth-order valence-electron chi connectivity index (χ4n) is 1.95. The Morgan fingerprint density at radius 3 is 2.43 bits per heavy atom. The van der Waals surface area contributed by atoms with Crippen LogP contribution < -0.4 is 9.47 Å². The second-order valence-corrected chi connectivity index (χ2v) is 4.74. The van der Waals surface area contributed by atoms with Gasteiger partial charge in [0.15, 0.2) is 11.5 Å². The van der Waals surface area contributed by atoms with Crippen LogP contribution in [0.25, 0.3) is 0 Å². The first-order valence-electron chi connectivity index (χ1n) is 7.42. The second-order valence-electron chi connectivity index (χ2n) is 4.74. The predicted molar refractivity (Wildman–Crippen MR) is 80.2 cm³/mol. The van der Waals surface area contributed by atoms with Crippen molar-refractivity contribution in [3.63, 3.8) is 0 Å². The molecule has 0 atom stereocenters. The van der Waals surface area contributed by atoms with Gasteiger partial charge in [-0.2, -0.15) is 0 Å². The third-order valence-electron chi connectivity index (χ3n) is 3.05. The summed E-state index contributed by atoms with van der Waals surface area (Å²) in [5, 5.41) is 17.7. The zero-order valence-corrected chi connectivity index (χ0v) is 12.5. The molecule has 0 saturated heterocycles. The maximum absolute atomic E-state index is 10.9. The average molecular weight is 296 g/mol. The summed E-state index contributed by atoms with van der Waals surface area (Å²) in [5.74, 6) is 0.0706. The minimum Gasteiger partial charge on any atom is -0.490 e. The van der Waals surface area contributed by atoms with Gasteiger partial charge in [0, 0.05) is 6.61 Å². The largest absolute Gasteiger partial charge is 0.490 e. The topological polar surface area (TPSA) is 76.0 Å². The lowest BCUT2D eigenvalue weighted by Crippen LogP contribution is -2.03. The molecule has 0 spiro atoms. The van der Waals surface area contributed by atoms with E-state index in [9.17, 15) is 4.79 Å². The number of carboxylic acid groups (broad SMARTS) is 1. The number of hydrogen-bond acceptors (Lipinski definition) is 4. The number of aromatic carboxylic acids is 1. The van der Waals surface area contributed by atoms with E-state index < -0.39 is 5.97 Å². The highest BCUT2D eigenvalue weighted by molar-refractivity contribution is 5.88. The Hall–Kier alpha value is -1.75. The Labute approximate surface area is 125 Å². The predicted octanol–water partition coefficient (Wildman–Crippen LogP) is 3.11. The third kappa shape index (κ3) is 6.49. The van der Waals surface area contributed by atoms with Crippen molar-refractivity contribution in [2.24, 2.45) is 0 Å². The van der Waals surface area contributed by atoms with Crippen molar-refractivity contribution in [2.45, 2.75) is 39.0 Å². The van der Waals surface area contributed by atoms with E-state index in [0.29, 0.717) is 24.7 Å². The second kappa shape index (κ2) is 10.0. The SMILES string of the molecule is CCOc1cc(C(=O)O)ccc1OCCCCCCCO. The van der Waals surface area contributed by atoms with E-state index >= 15 is 0 Å². The van der Waals surface area contributed by atoms with Gasteiger partial charge in [-0.3, -0.25) is 0 Å². The molecule has 0 aliphatic carbocycles. The molecule has 0 aliphatic heterocycles. The molecule has 0 saturated carbocycles. The number of ether oxygens (including phenoxy) is 2. The van der Waals surface area contributed by atoms with Gasteiger partial charge in [-0.05, 0) is 38.0 Å². The van der Waals surface area contributed by atoms with Crippen LogP contribution in [-0.4, -0.2) is 36.0 Å². The number of unbranched alkanes of at least 4 members (excludes halogenated alkanes) is 4. The van der Waals surface area contributed by atoms with E-state index in [1.54, 1.807) is 6.07 Å². The molecule has 118 valence electrons. The molecular formula is C16H24O5. The van der Waals surface area contributed by atoms with Crippen molar-refractivity contribution in [1.29, 1.82) is 0 Å². The van der Waals surface area contributed by atoms with Gasteiger partial charge >= 0.3 is 5.97 Å². The molecule has 0 radical (unpaired) electrons. The lowest BCUT2D eigenvalue weighted by Gasteiger charge is -2.12. The van der Waals surface area contributed by atoms with E-state index in [4.69, 9.17) is 19.7 Å². The molecule has 1 aromatic carbocycles. The summed E-state index contributed by atoms with van der Waals surface area (Å²) >= 11 is 0. The molecule has 5 nitrogen and oxygen atoms in total. The molecule has 0 unspecified atom stereocenters. The molecule has 1 aromatic rings. The van der Waals surface area contributed by atoms with Crippen molar-refractivity contribution in [3.05, 3.63) is 23.8 Å². The molecule has 5 heteroatoms. The van der Waals surface area contributed by atoms with Crippen LogP contribution in [0.3, 0.4) is 0 Å². The summed E-state index contributed by atoms with van der Waals surface area (Å²) in [7, 11) is 0. The van der Waals surface area contributed by atoms with Crippen LogP contribution in [0.4, 0.5) is 0 Å². The van der Waals surface area contributed by atoms with Crippen molar-refractivity contribution in [1.82, 2.24) is 0 Å². The van der Waals surface area contributed by atoms with Gasteiger partial charge in [0.05, 0.1) is 18.8 Å². The molecule has 1 rings (SSSR count). The van der Waals surface area contributed by atoms with Gasteiger partial charge < -0.3 is 19.7 Å². The lowest BCUT2D eigenvalue weighted by atomic mass is 10.1. The standard InChI is InChI=1S/C16H24O5/c1-2-20-15-12-13(16(18)19)8-9-14(15)21-11-7-5-3-4-6-10-17/h8-9,12,17H,2-7,10-11H2,1H3,(H,18,19). The Morgan fingerprint density at radius 1 is 1.05 bits per heavy atom. The summed E-state index contributed by atoms with van der Waals surface area (Å²) in [6.07, 6.45) is 4.95. The smallest absolute Gasteiger partial charge is 0.335 e. The molecule has 21 heavy (non-hydrogen) atoms. The van der Waals surface area contributed by atoms with Crippen LogP contribution in [0.15, 0.2) is 18.2 Å². The highest BCUT2D eigenvalue weighted by Gasteiger charge is 2.10. The molecule has 2 N–H and O–H groups in total. The first kappa shape index (κ1) is 17.3.